The van der Waals surface area contributed by atoms with Gasteiger partial charge in [-0.25, -0.2) is 4.79 Å². The van der Waals surface area contributed by atoms with E-state index in [1.807, 2.05) is 6.07 Å². The molecule has 3 aliphatic heterocycles. The molecule has 0 bridgehead atoms. The van der Waals surface area contributed by atoms with Crippen molar-refractivity contribution in [3.63, 3.8) is 0 Å². The number of hydrogen-bond donors (Lipinski definition) is 1. The van der Waals surface area contributed by atoms with Gasteiger partial charge in [0.25, 0.3) is 0 Å². The van der Waals surface area contributed by atoms with Crippen molar-refractivity contribution in [1.82, 2.24) is 5.32 Å². The van der Waals surface area contributed by atoms with Gasteiger partial charge < -0.3 is 19.5 Å². The molecule has 1 aliphatic carbocycles. The number of fused-ring (bicyclic) bond motifs is 6. The van der Waals surface area contributed by atoms with E-state index in [9.17, 15) is 4.79 Å². The molecule has 3 atom stereocenters. The third-order valence-corrected chi connectivity index (χ3v) is 4.93. The molecule has 1 saturated heterocycles. The van der Waals surface area contributed by atoms with Crippen LogP contribution in [0.2, 0.25) is 0 Å². The van der Waals surface area contributed by atoms with Gasteiger partial charge in [0.05, 0.1) is 5.56 Å². The van der Waals surface area contributed by atoms with E-state index >= 15 is 0 Å². The van der Waals surface area contributed by atoms with Gasteiger partial charge in [0.15, 0.2) is 11.5 Å². The fourth-order valence-corrected chi connectivity index (χ4v) is 3.99. The van der Waals surface area contributed by atoms with E-state index < -0.39 is 0 Å². The molecule has 0 radical (unpaired) electrons. The van der Waals surface area contributed by atoms with Gasteiger partial charge in [0.1, 0.15) is 6.10 Å². The Balaban J connectivity index is 1.68. The molecular weight excluding hydrogens is 270 g/mol. The Bertz CT molecular complexity index is 681. The van der Waals surface area contributed by atoms with Crippen LogP contribution >= 0.6 is 0 Å². The van der Waals surface area contributed by atoms with Crippen LogP contribution in [0.15, 0.2) is 23.8 Å². The lowest BCUT2D eigenvalue weighted by Crippen LogP contribution is -2.44. The predicted molar refractivity (Wildman–Crippen MR) is 73.6 cm³/mol. The minimum atomic E-state index is -0.251. The summed E-state index contributed by atoms with van der Waals surface area (Å²) in [6.07, 6.45) is 4.04. The fraction of sp³-hybridized carbons (Fsp3) is 0.438. The number of hydrogen-bond acceptors (Lipinski definition) is 5. The summed E-state index contributed by atoms with van der Waals surface area (Å²) in [6.45, 7) is 1.21. The van der Waals surface area contributed by atoms with Crippen LogP contribution in [-0.4, -0.2) is 31.5 Å². The zero-order valence-electron chi connectivity index (χ0n) is 11.4. The Morgan fingerprint density at radius 1 is 1.19 bits per heavy atom. The zero-order valence-corrected chi connectivity index (χ0v) is 11.4. The van der Waals surface area contributed by atoms with Gasteiger partial charge in [0.2, 0.25) is 6.79 Å². The average molecular weight is 285 g/mol. The smallest absolute Gasteiger partial charge is 0.338 e. The second-order valence-corrected chi connectivity index (χ2v) is 5.96. The summed E-state index contributed by atoms with van der Waals surface area (Å²) < 4.78 is 16.5. The van der Waals surface area contributed by atoms with Crippen molar-refractivity contribution in [2.75, 3.05) is 13.3 Å². The lowest BCUT2D eigenvalue weighted by atomic mass is 9.75. The molecule has 5 heteroatoms. The Morgan fingerprint density at radius 2 is 2.05 bits per heavy atom. The minimum absolute atomic E-state index is 0.0790. The number of nitrogens with one attached hydrogen (secondary N) is 1. The largest absolute Gasteiger partial charge is 0.458 e. The Kier molecular flexibility index (Phi) is 2.22. The fourth-order valence-electron chi connectivity index (χ4n) is 3.99. The highest BCUT2D eigenvalue weighted by Gasteiger charge is 2.45. The van der Waals surface area contributed by atoms with E-state index in [1.165, 1.54) is 5.57 Å². The molecule has 1 aromatic rings. The molecule has 1 aromatic carbocycles. The van der Waals surface area contributed by atoms with E-state index in [1.54, 1.807) is 6.07 Å². The Morgan fingerprint density at radius 3 is 2.95 bits per heavy atom. The van der Waals surface area contributed by atoms with Crippen molar-refractivity contribution in [1.29, 1.82) is 0 Å². The highest BCUT2D eigenvalue weighted by Crippen LogP contribution is 2.46. The van der Waals surface area contributed by atoms with Crippen LogP contribution in [0.4, 0.5) is 0 Å². The number of ether oxygens (including phenoxy) is 3. The van der Waals surface area contributed by atoms with Crippen LogP contribution in [0, 0.1) is 0 Å². The summed E-state index contributed by atoms with van der Waals surface area (Å²) >= 11 is 0. The number of carbonyl (C=O) groups excluding carboxylic acids is 1. The molecule has 3 unspecified atom stereocenters. The molecule has 0 amide bonds. The van der Waals surface area contributed by atoms with E-state index in [4.69, 9.17) is 14.2 Å². The molecule has 5 rings (SSSR count). The zero-order chi connectivity index (χ0) is 14.0. The monoisotopic (exact) mass is 285 g/mol. The highest BCUT2D eigenvalue weighted by molar-refractivity contribution is 5.94. The number of carbonyl (C=O) groups is 1. The van der Waals surface area contributed by atoms with Gasteiger partial charge in [-0.2, -0.15) is 0 Å². The van der Waals surface area contributed by atoms with Crippen molar-refractivity contribution in [2.24, 2.45) is 0 Å². The molecule has 0 saturated carbocycles. The van der Waals surface area contributed by atoms with Crippen LogP contribution in [0.5, 0.6) is 11.5 Å². The molecule has 5 nitrogen and oxygen atoms in total. The van der Waals surface area contributed by atoms with Crippen LogP contribution < -0.4 is 14.8 Å². The third kappa shape index (κ3) is 1.52. The van der Waals surface area contributed by atoms with Crippen LogP contribution in [0.25, 0.3) is 0 Å². The normalized spacial score (nSPS) is 31.9. The van der Waals surface area contributed by atoms with E-state index in [2.05, 4.69) is 11.4 Å². The highest BCUT2D eigenvalue weighted by atomic mass is 16.7. The van der Waals surface area contributed by atoms with Crippen molar-refractivity contribution in [3.8, 4) is 11.5 Å². The maximum absolute atomic E-state index is 12.3. The SMILES string of the molecule is O=C1OC2CC=C3CCNC3C2c2cc3c(cc21)OCO3. The van der Waals surface area contributed by atoms with Crippen molar-refractivity contribution >= 4 is 5.97 Å². The Hall–Kier alpha value is -2.01. The van der Waals surface area contributed by atoms with E-state index in [-0.39, 0.29) is 30.8 Å². The van der Waals surface area contributed by atoms with Gasteiger partial charge in [-0.15, -0.1) is 0 Å². The van der Waals surface area contributed by atoms with Crippen molar-refractivity contribution in [2.45, 2.75) is 30.9 Å². The molecular formula is C16H15NO4. The van der Waals surface area contributed by atoms with Gasteiger partial charge in [-0.1, -0.05) is 11.6 Å². The van der Waals surface area contributed by atoms with Crippen molar-refractivity contribution in [3.05, 3.63) is 34.9 Å². The standard InChI is InChI=1S/C16H15NO4/c18-16-10-6-13-12(19-7-20-13)5-9(10)14-11(21-16)2-1-8-3-4-17-15(8)14/h1,5-6,11,14-15,17H,2-4,7H2. The topological polar surface area (TPSA) is 56.8 Å². The summed E-state index contributed by atoms with van der Waals surface area (Å²) in [5.41, 5.74) is 3.10. The van der Waals surface area contributed by atoms with E-state index in [0.29, 0.717) is 11.3 Å². The summed E-state index contributed by atoms with van der Waals surface area (Å²) in [4.78, 5) is 12.3. The lowest BCUT2D eigenvalue weighted by Gasteiger charge is -2.39. The number of benzene rings is 1. The minimum Gasteiger partial charge on any atom is -0.458 e. The maximum atomic E-state index is 12.3. The Labute approximate surface area is 121 Å². The number of esters is 1. The molecule has 1 fully saturated rings. The summed E-state index contributed by atoms with van der Waals surface area (Å²) in [7, 11) is 0. The molecule has 0 spiro atoms. The van der Waals surface area contributed by atoms with Crippen molar-refractivity contribution < 1.29 is 19.0 Å². The maximum Gasteiger partial charge on any atom is 0.338 e. The molecule has 108 valence electrons. The third-order valence-electron chi connectivity index (χ3n) is 4.93. The lowest BCUT2D eigenvalue weighted by molar-refractivity contribution is 0.0142. The second-order valence-electron chi connectivity index (χ2n) is 5.96. The average Bonchev–Trinajstić information content (AvgIpc) is 3.13. The first-order valence-electron chi connectivity index (χ1n) is 7.38. The summed E-state index contributed by atoms with van der Waals surface area (Å²) in [5, 5.41) is 3.55. The first-order valence-corrected chi connectivity index (χ1v) is 7.38. The van der Waals surface area contributed by atoms with Gasteiger partial charge in [-0.3, -0.25) is 0 Å². The first-order chi connectivity index (χ1) is 10.3. The van der Waals surface area contributed by atoms with Gasteiger partial charge in [0, 0.05) is 18.4 Å². The van der Waals surface area contributed by atoms with Gasteiger partial charge >= 0.3 is 5.97 Å². The number of rotatable bonds is 0. The van der Waals surface area contributed by atoms with Gasteiger partial charge in [-0.05, 0) is 30.7 Å². The molecule has 1 N–H and O–H groups in total. The predicted octanol–water partition coefficient (Wildman–Crippen LogP) is 1.73. The summed E-state index contributed by atoms with van der Waals surface area (Å²) in [6, 6.07) is 4.01. The molecule has 4 aliphatic rings. The molecule has 3 heterocycles. The van der Waals surface area contributed by atoms with Crippen LogP contribution in [0.1, 0.15) is 34.7 Å². The van der Waals surface area contributed by atoms with Crippen LogP contribution in [-0.2, 0) is 4.74 Å². The second kappa shape index (κ2) is 4.01. The quantitative estimate of drug-likeness (QED) is 0.581. The van der Waals surface area contributed by atoms with Crippen LogP contribution in [0.3, 0.4) is 0 Å². The molecule has 0 aromatic heterocycles. The van der Waals surface area contributed by atoms with E-state index in [0.717, 1.165) is 30.7 Å². The summed E-state index contributed by atoms with van der Waals surface area (Å²) in [5.74, 6) is 1.29. The molecule has 21 heavy (non-hydrogen) atoms. The first kappa shape index (κ1) is 11.6.